The Hall–Kier alpha value is -3.79. The van der Waals surface area contributed by atoms with E-state index in [9.17, 15) is 4.79 Å². The Morgan fingerprint density at radius 3 is 2.11 bits per heavy atom. The summed E-state index contributed by atoms with van der Waals surface area (Å²) in [7, 11) is 0. The SMILES string of the molecule is [C-]#[N+]c1c(CC2C(C(C)(C)C)CC(C)CC2C(C)(C)C)c2nc(-c3cc(C)c(C)cc3C)[nH]n2c1OC(=O)N(CC=C)CC=C. The number of rotatable bonds is 8. The summed E-state index contributed by atoms with van der Waals surface area (Å²) in [5, 5.41) is 3.42. The molecule has 242 valence electrons. The van der Waals surface area contributed by atoms with Crippen molar-refractivity contribution in [3.8, 4) is 17.3 Å². The second-order valence-corrected chi connectivity index (χ2v) is 15.5. The largest absolute Gasteiger partial charge is 0.416 e. The van der Waals surface area contributed by atoms with Gasteiger partial charge < -0.3 is 9.64 Å². The molecule has 1 amide bonds. The first-order valence-corrected chi connectivity index (χ1v) is 16.3. The number of H-pyrrole nitrogens is 1. The summed E-state index contributed by atoms with van der Waals surface area (Å²) in [5.41, 5.74) is 6.52. The quantitative estimate of drug-likeness (QED) is 0.204. The van der Waals surface area contributed by atoms with Crippen LogP contribution in [-0.2, 0) is 6.42 Å². The van der Waals surface area contributed by atoms with Gasteiger partial charge >= 0.3 is 6.09 Å². The molecule has 0 aliphatic heterocycles. The molecule has 3 aromatic rings. The maximum absolute atomic E-state index is 13.5. The fraction of sp³-hybridized carbons (Fsp3) is 0.553. The summed E-state index contributed by atoms with van der Waals surface area (Å²) in [5.74, 6) is 2.75. The highest BCUT2D eigenvalue weighted by Gasteiger charge is 2.46. The normalized spacial score (nSPS) is 20.6. The molecule has 7 nitrogen and oxygen atoms in total. The smallest absolute Gasteiger partial charge is 0.402 e. The first kappa shape index (κ1) is 34.1. The molecule has 1 fully saturated rings. The van der Waals surface area contributed by atoms with Crippen LogP contribution in [0.25, 0.3) is 21.9 Å². The minimum atomic E-state index is -0.559. The summed E-state index contributed by atoms with van der Waals surface area (Å²) in [4.78, 5) is 24.2. The monoisotopic (exact) mass is 611 g/mol. The number of hydrogen-bond acceptors (Lipinski definition) is 3. The molecule has 0 radical (unpaired) electrons. The highest BCUT2D eigenvalue weighted by Crippen LogP contribution is 2.54. The van der Waals surface area contributed by atoms with Crippen LogP contribution in [0.5, 0.6) is 5.88 Å². The summed E-state index contributed by atoms with van der Waals surface area (Å²) in [6.07, 6.45) is 5.74. The van der Waals surface area contributed by atoms with E-state index in [1.54, 1.807) is 16.7 Å². The predicted molar refractivity (Wildman–Crippen MR) is 185 cm³/mol. The van der Waals surface area contributed by atoms with Crippen LogP contribution in [0, 0.1) is 61.8 Å². The van der Waals surface area contributed by atoms with E-state index in [1.165, 1.54) is 16.0 Å². The molecular formula is C38H53N5O2. The highest BCUT2D eigenvalue weighted by molar-refractivity contribution is 5.80. The van der Waals surface area contributed by atoms with Crippen LogP contribution in [0.2, 0.25) is 0 Å². The molecule has 2 aromatic heterocycles. The third-order valence-electron chi connectivity index (χ3n) is 9.97. The molecule has 2 heterocycles. The van der Waals surface area contributed by atoms with Crippen LogP contribution in [0.3, 0.4) is 0 Å². The molecule has 0 spiro atoms. The average Bonchev–Trinajstić information content (AvgIpc) is 3.48. The predicted octanol–water partition coefficient (Wildman–Crippen LogP) is 9.89. The number of aryl methyl sites for hydroxylation is 3. The van der Waals surface area contributed by atoms with Gasteiger partial charge in [-0.15, -0.1) is 13.2 Å². The van der Waals surface area contributed by atoms with Crippen LogP contribution >= 0.6 is 0 Å². The minimum Gasteiger partial charge on any atom is -0.402 e. The number of ether oxygens (including phenoxy) is 1. The van der Waals surface area contributed by atoms with E-state index >= 15 is 0 Å². The van der Waals surface area contributed by atoms with Gasteiger partial charge in [0.25, 0.3) is 5.69 Å². The average molecular weight is 612 g/mol. The van der Waals surface area contributed by atoms with E-state index in [1.807, 2.05) is 0 Å². The van der Waals surface area contributed by atoms with Crippen LogP contribution in [0.15, 0.2) is 37.4 Å². The van der Waals surface area contributed by atoms with Gasteiger partial charge in [-0.2, -0.15) is 0 Å². The molecule has 1 saturated carbocycles. The van der Waals surface area contributed by atoms with E-state index in [-0.39, 0.29) is 16.7 Å². The maximum Gasteiger partial charge on any atom is 0.416 e. The number of hydrogen-bond donors (Lipinski definition) is 1. The van der Waals surface area contributed by atoms with Crippen LogP contribution in [0.4, 0.5) is 10.5 Å². The van der Waals surface area contributed by atoms with Gasteiger partial charge in [-0.05, 0) is 97.3 Å². The summed E-state index contributed by atoms with van der Waals surface area (Å²) < 4.78 is 7.80. The Bertz CT molecular complexity index is 1590. The van der Waals surface area contributed by atoms with Crippen molar-refractivity contribution in [2.45, 2.75) is 88.5 Å². The Morgan fingerprint density at radius 1 is 1.04 bits per heavy atom. The van der Waals surface area contributed by atoms with E-state index in [0.717, 1.165) is 29.5 Å². The fourth-order valence-electron chi connectivity index (χ4n) is 7.55. The molecule has 0 saturated heterocycles. The van der Waals surface area contributed by atoms with E-state index in [0.29, 0.717) is 60.3 Å². The van der Waals surface area contributed by atoms with E-state index < -0.39 is 6.09 Å². The maximum atomic E-state index is 13.5. The Balaban J connectivity index is 1.95. The minimum absolute atomic E-state index is 0.0956. The second-order valence-electron chi connectivity index (χ2n) is 15.5. The van der Waals surface area contributed by atoms with Gasteiger partial charge in [0.2, 0.25) is 5.88 Å². The Morgan fingerprint density at radius 2 is 1.60 bits per heavy atom. The lowest BCUT2D eigenvalue weighted by molar-refractivity contribution is -0.0136. The number of nitrogens with one attached hydrogen (secondary N) is 1. The van der Waals surface area contributed by atoms with Crippen molar-refractivity contribution < 1.29 is 9.53 Å². The zero-order chi connectivity index (χ0) is 33.4. The van der Waals surface area contributed by atoms with Gasteiger partial charge in [-0.1, -0.05) is 66.7 Å². The van der Waals surface area contributed by atoms with Crippen molar-refractivity contribution in [2.24, 2.45) is 34.5 Å². The number of benzene rings is 1. The van der Waals surface area contributed by atoms with Crippen molar-refractivity contribution in [1.29, 1.82) is 0 Å². The van der Waals surface area contributed by atoms with E-state index in [4.69, 9.17) is 16.3 Å². The van der Waals surface area contributed by atoms with E-state index in [2.05, 4.69) is 104 Å². The first-order valence-electron chi connectivity index (χ1n) is 16.3. The van der Waals surface area contributed by atoms with Crippen molar-refractivity contribution in [2.75, 3.05) is 13.1 Å². The molecule has 1 N–H and O–H groups in total. The van der Waals surface area contributed by atoms with Crippen LogP contribution in [0.1, 0.15) is 83.6 Å². The van der Waals surface area contributed by atoms with Gasteiger partial charge in [-0.25, -0.2) is 19.1 Å². The number of aromatic nitrogens is 3. The summed E-state index contributed by atoms with van der Waals surface area (Å²) in [6.45, 7) is 39.3. The summed E-state index contributed by atoms with van der Waals surface area (Å²) in [6, 6.07) is 4.32. The van der Waals surface area contributed by atoms with Gasteiger partial charge in [0, 0.05) is 24.2 Å². The molecular weight excluding hydrogens is 558 g/mol. The molecule has 2 atom stereocenters. The zero-order valence-electron chi connectivity index (χ0n) is 29.2. The van der Waals surface area contributed by atoms with Crippen molar-refractivity contribution >= 4 is 17.4 Å². The van der Waals surface area contributed by atoms with Crippen molar-refractivity contribution in [3.05, 3.63) is 71.1 Å². The molecule has 2 unspecified atom stereocenters. The third-order valence-corrected chi connectivity index (χ3v) is 9.97. The molecule has 0 bridgehead atoms. The number of nitrogens with zero attached hydrogens (tertiary/aromatic N) is 4. The fourth-order valence-corrected chi connectivity index (χ4v) is 7.55. The van der Waals surface area contributed by atoms with Crippen LogP contribution < -0.4 is 4.74 Å². The molecule has 1 aromatic carbocycles. The molecule has 4 rings (SSSR count). The topological polar surface area (TPSA) is 67.0 Å². The Kier molecular flexibility index (Phi) is 9.78. The molecule has 1 aliphatic carbocycles. The lowest BCUT2D eigenvalue weighted by Crippen LogP contribution is -2.44. The number of carbonyl (C=O) groups excluding carboxylic acids is 1. The number of fused-ring (bicyclic) bond motifs is 1. The molecule has 45 heavy (non-hydrogen) atoms. The van der Waals surface area contributed by atoms with Crippen molar-refractivity contribution in [3.63, 3.8) is 0 Å². The van der Waals surface area contributed by atoms with Crippen molar-refractivity contribution in [1.82, 2.24) is 19.5 Å². The lowest BCUT2D eigenvalue weighted by Gasteiger charge is -2.51. The highest BCUT2D eigenvalue weighted by atomic mass is 16.6. The second kappa shape index (κ2) is 12.9. The first-order chi connectivity index (χ1) is 21.0. The van der Waals surface area contributed by atoms with Gasteiger partial charge in [0.1, 0.15) is 5.65 Å². The summed E-state index contributed by atoms with van der Waals surface area (Å²) >= 11 is 0. The number of aromatic amines is 1. The lowest BCUT2D eigenvalue weighted by atomic mass is 9.54. The number of amides is 1. The molecule has 1 aliphatic rings. The van der Waals surface area contributed by atoms with Gasteiger partial charge in [-0.3, -0.25) is 5.10 Å². The van der Waals surface area contributed by atoms with Gasteiger partial charge in [0.05, 0.1) is 6.57 Å². The van der Waals surface area contributed by atoms with Crippen LogP contribution in [-0.4, -0.2) is 38.7 Å². The molecule has 7 heteroatoms. The van der Waals surface area contributed by atoms with Gasteiger partial charge in [0.15, 0.2) is 5.82 Å². The Labute approximate surface area is 270 Å². The third kappa shape index (κ3) is 6.90. The standard InChI is InChI=1S/C38H53N5O2/c1-14-16-42(17-15-2)36(44)45-35-32(39-13)29(22-28-30(37(7,8)9)18-23(3)19-31(28)38(10,11)12)34-40-33(41-43(34)35)27-21-25(5)24(4)20-26(27)6/h14-15,20-21,23,28,30-31H,1-2,16-19,22H2,3-12H3,(H,40,41). The zero-order valence-corrected chi connectivity index (χ0v) is 29.2. The number of carbonyl (C=O) groups is 1.